The number of carbonyl (C=O) groups excluding carboxylic acids is 1. The molecular formula is C9H7NO3S. The van der Waals surface area contributed by atoms with E-state index >= 15 is 0 Å². The number of hydrogen-bond donors (Lipinski definition) is 2. The molecule has 2 aromatic heterocycles. The third-order valence-corrected chi connectivity index (χ3v) is 3.04. The van der Waals surface area contributed by atoms with Crippen molar-refractivity contribution in [1.82, 2.24) is 4.98 Å². The molecule has 14 heavy (non-hydrogen) atoms. The fourth-order valence-electron chi connectivity index (χ4n) is 1.40. The van der Waals surface area contributed by atoms with Crippen molar-refractivity contribution >= 4 is 33.8 Å². The highest BCUT2D eigenvalue weighted by atomic mass is 32.1. The Morgan fingerprint density at radius 2 is 2.36 bits per heavy atom. The van der Waals surface area contributed by atoms with Crippen molar-refractivity contribution in [2.45, 2.75) is 6.92 Å². The van der Waals surface area contributed by atoms with Crippen LogP contribution in [-0.4, -0.2) is 22.3 Å². The summed E-state index contributed by atoms with van der Waals surface area (Å²) in [6, 6.07) is 1.83. The van der Waals surface area contributed by atoms with Crippen LogP contribution in [0.2, 0.25) is 0 Å². The number of aromatic nitrogens is 1. The van der Waals surface area contributed by atoms with Crippen molar-refractivity contribution in [1.29, 1.82) is 0 Å². The van der Waals surface area contributed by atoms with Gasteiger partial charge in [-0.1, -0.05) is 0 Å². The summed E-state index contributed by atoms with van der Waals surface area (Å²) in [4.78, 5) is 25.2. The Balaban J connectivity index is 2.81. The quantitative estimate of drug-likeness (QED) is 0.743. The molecule has 2 N–H and O–H groups in total. The molecule has 0 saturated heterocycles. The van der Waals surface area contributed by atoms with E-state index in [1.165, 1.54) is 11.3 Å². The van der Waals surface area contributed by atoms with Gasteiger partial charge in [-0.05, 0) is 13.0 Å². The van der Waals surface area contributed by atoms with Gasteiger partial charge in [0.05, 0.1) is 15.8 Å². The Morgan fingerprint density at radius 1 is 1.64 bits per heavy atom. The molecule has 0 aromatic carbocycles. The smallest absolute Gasteiger partial charge is 0.353 e. The molecule has 0 bridgehead atoms. The van der Waals surface area contributed by atoms with E-state index in [0.29, 0.717) is 11.8 Å². The number of aryl methyl sites for hydroxylation is 1. The number of carbonyl (C=O) groups is 2. The predicted molar refractivity (Wildman–Crippen MR) is 53.3 cm³/mol. The van der Waals surface area contributed by atoms with Crippen molar-refractivity contribution in [2.75, 3.05) is 0 Å². The summed E-state index contributed by atoms with van der Waals surface area (Å²) in [5.74, 6) is -1.10. The normalized spacial score (nSPS) is 10.6. The fourth-order valence-corrected chi connectivity index (χ4v) is 2.38. The molecule has 0 fully saturated rings. The van der Waals surface area contributed by atoms with Crippen LogP contribution in [0, 0.1) is 6.92 Å². The van der Waals surface area contributed by atoms with Crippen molar-refractivity contribution < 1.29 is 14.7 Å². The molecule has 5 heteroatoms. The summed E-state index contributed by atoms with van der Waals surface area (Å²) in [5.41, 5.74) is 0.929. The lowest BCUT2D eigenvalue weighted by Crippen LogP contribution is -2.00. The van der Waals surface area contributed by atoms with Crippen molar-refractivity contribution in [2.24, 2.45) is 0 Å². The summed E-state index contributed by atoms with van der Waals surface area (Å²) in [6.45, 7) is 1.91. The van der Waals surface area contributed by atoms with Crippen molar-refractivity contribution in [3.05, 3.63) is 22.2 Å². The Kier molecular flexibility index (Phi) is 1.89. The van der Waals surface area contributed by atoms with Gasteiger partial charge < -0.3 is 10.1 Å². The van der Waals surface area contributed by atoms with Crippen LogP contribution in [0.1, 0.15) is 25.7 Å². The van der Waals surface area contributed by atoms with Gasteiger partial charge in [-0.25, -0.2) is 4.79 Å². The summed E-state index contributed by atoms with van der Waals surface area (Å²) in [6.07, 6.45) is 0.582. The Bertz CT molecular complexity index is 523. The number of carboxylic acids is 1. The number of rotatable bonds is 2. The molecule has 2 rings (SSSR count). The van der Waals surface area contributed by atoms with E-state index in [-0.39, 0.29) is 11.3 Å². The second-order valence-electron chi connectivity index (χ2n) is 2.94. The molecule has 0 aliphatic rings. The SMILES string of the molecule is Cc1cc2[nH]c(C(=O)O)c(C=O)c2s1. The lowest BCUT2D eigenvalue weighted by molar-refractivity contribution is 0.0688. The van der Waals surface area contributed by atoms with E-state index in [2.05, 4.69) is 4.98 Å². The molecule has 4 nitrogen and oxygen atoms in total. The van der Waals surface area contributed by atoms with E-state index in [1.54, 1.807) is 0 Å². The highest BCUT2D eigenvalue weighted by Gasteiger charge is 2.17. The summed E-state index contributed by atoms with van der Waals surface area (Å²) in [7, 11) is 0. The molecule has 2 aromatic rings. The monoisotopic (exact) mass is 209 g/mol. The van der Waals surface area contributed by atoms with Gasteiger partial charge in [0.1, 0.15) is 5.69 Å². The number of H-pyrrole nitrogens is 1. The van der Waals surface area contributed by atoms with Gasteiger partial charge in [-0.3, -0.25) is 4.79 Å². The van der Waals surface area contributed by atoms with E-state index in [9.17, 15) is 9.59 Å². The molecule has 0 aliphatic heterocycles. The number of carboxylic acid groups (broad SMARTS) is 1. The number of aromatic carboxylic acids is 1. The molecule has 0 radical (unpaired) electrons. The van der Waals surface area contributed by atoms with Crippen LogP contribution in [0.5, 0.6) is 0 Å². The fraction of sp³-hybridized carbons (Fsp3) is 0.111. The van der Waals surface area contributed by atoms with Crippen LogP contribution in [0.15, 0.2) is 6.07 Å². The zero-order valence-corrected chi connectivity index (χ0v) is 8.14. The molecule has 2 heterocycles. The summed E-state index contributed by atoms with van der Waals surface area (Å²) < 4.78 is 0.718. The molecule has 0 amide bonds. The van der Waals surface area contributed by atoms with Crippen LogP contribution >= 0.6 is 11.3 Å². The third-order valence-electron chi connectivity index (χ3n) is 1.96. The minimum Gasteiger partial charge on any atom is -0.477 e. The van der Waals surface area contributed by atoms with Gasteiger partial charge in [0.25, 0.3) is 0 Å². The van der Waals surface area contributed by atoms with Crippen LogP contribution in [0.25, 0.3) is 10.2 Å². The Hall–Kier alpha value is -1.62. The molecule has 0 atom stereocenters. The zero-order chi connectivity index (χ0) is 10.3. The molecule has 0 saturated carbocycles. The first-order valence-electron chi connectivity index (χ1n) is 3.94. The Labute approximate surface area is 83.2 Å². The minimum absolute atomic E-state index is 0.0266. The van der Waals surface area contributed by atoms with Gasteiger partial charge in [-0.2, -0.15) is 0 Å². The van der Waals surface area contributed by atoms with Crippen molar-refractivity contribution in [3.63, 3.8) is 0 Å². The molecular weight excluding hydrogens is 202 g/mol. The lowest BCUT2D eigenvalue weighted by Gasteiger charge is -1.89. The first kappa shape index (κ1) is 8.96. The summed E-state index contributed by atoms with van der Waals surface area (Å²) in [5, 5.41) is 8.80. The average Bonchev–Trinajstić information content (AvgIpc) is 2.59. The first-order valence-corrected chi connectivity index (χ1v) is 4.75. The largest absolute Gasteiger partial charge is 0.477 e. The van der Waals surface area contributed by atoms with E-state index in [4.69, 9.17) is 5.11 Å². The number of hydrogen-bond acceptors (Lipinski definition) is 3. The predicted octanol–water partition coefficient (Wildman–Crippen LogP) is 2.05. The van der Waals surface area contributed by atoms with Crippen LogP contribution in [0.4, 0.5) is 0 Å². The van der Waals surface area contributed by atoms with Gasteiger partial charge in [0, 0.05) is 4.88 Å². The van der Waals surface area contributed by atoms with Crippen LogP contribution in [0.3, 0.4) is 0 Å². The van der Waals surface area contributed by atoms with E-state index in [1.807, 2.05) is 13.0 Å². The second-order valence-corrected chi connectivity index (χ2v) is 4.19. The standard InChI is InChI=1S/C9H7NO3S/c1-4-2-6-8(14-4)5(3-11)7(10-6)9(12)13/h2-3,10H,1H3,(H,12,13). The molecule has 0 unspecified atom stereocenters. The highest BCUT2D eigenvalue weighted by molar-refractivity contribution is 7.19. The van der Waals surface area contributed by atoms with Gasteiger partial charge in [0.2, 0.25) is 0 Å². The third kappa shape index (κ3) is 1.13. The highest BCUT2D eigenvalue weighted by Crippen LogP contribution is 2.29. The van der Waals surface area contributed by atoms with Gasteiger partial charge >= 0.3 is 5.97 Å². The Morgan fingerprint density at radius 3 is 2.93 bits per heavy atom. The maximum atomic E-state index is 10.7. The number of nitrogens with one attached hydrogen (secondary N) is 1. The van der Waals surface area contributed by atoms with Crippen molar-refractivity contribution in [3.8, 4) is 0 Å². The lowest BCUT2D eigenvalue weighted by atomic mass is 10.2. The van der Waals surface area contributed by atoms with E-state index in [0.717, 1.165) is 9.58 Å². The molecule has 0 aliphatic carbocycles. The first-order chi connectivity index (χ1) is 6.63. The molecule has 0 spiro atoms. The average molecular weight is 209 g/mol. The maximum Gasteiger partial charge on any atom is 0.353 e. The van der Waals surface area contributed by atoms with Crippen LogP contribution < -0.4 is 0 Å². The van der Waals surface area contributed by atoms with E-state index < -0.39 is 5.97 Å². The van der Waals surface area contributed by atoms with Gasteiger partial charge in [0.15, 0.2) is 6.29 Å². The molecule has 72 valence electrons. The minimum atomic E-state index is -1.10. The summed E-state index contributed by atoms with van der Waals surface area (Å²) >= 11 is 1.42. The topological polar surface area (TPSA) is 70.2 Å². The number of fused-ring (bicyclic) bond motifs is 1. The number of aromatic amines is 1. The second kappa shape index (κ2) is 2.95. The number of aldehydes is 1. The maximum absolute atomic E-state index is 10.7. The van der Waals surface area contributed by atoms with Crippen LogP contribution in [-0.2, 0) is 0 Å². The van der Waals surface area contributed by atoms with Gasteiger partial charge in [-0.15, -0.1) is 11.3 Å². The number of thiophene rings is 1. The zero-order valence-electron chi connectivity index (χ0n) is 7.33.